The molecule has 3 rings (SSSR count). The summed E-state index contributed by atoms with van der Waals surface area (Å²) in [6, 6.07) is 10.4. The minimum atomic E-state index is -0.558. The zero-order valence-corrected chi connectivity index (χ0v) is 16.6. The summed E-state index contributed by atoms with van der Waals surface area (Å²) in [5, 5.41) is 17.2. The summed E-state index contributed by atoms with van der Waals surface area (Å²) in [7, 11) is 1.44. The van der Waals surface area contributed by atoms with Crippen LogP contribution >= 0.6 is 0 Å². The van der Waals surface area contributed by atoms with Crippen molar-refractivity contribution in [3.05, 3.63) is 75.4 Å². The monoisotopic (exact) mass is 427 g/mol. The fraction of sp³-hybridized carbons (Fsp3) is 0.143. The van der Waals surface area contributed by atoms with Crippen molar-refractivity contribution >= 4 is 29.4 Å². The lowest BCUT2D eigenvalue weighted by atomic mass is 10.1. The highest BCUT2D eigenvalue weighted by Gasteiger charge is 2.22. The second kappa shape index (κ2) is 9.53. The second-order valence-electron chi connectivity index (χ2n) is 6.33. The van der Waals surface area contributed by atoms with E-state index < -0.39 is 16.6 Å². The molecule has 1 amide bonds. The number of methoxy groups -OCH3 is 1. The number of carbonyl (C=O) groups excluding carboxylic acids is 1. The van der Waals surface area contributed by atoms with Crippen LogP contribution in [0.15, 0.2) is 47.0 Å². The minimum absolute atomic E-state index is 0.0239. The molecule has 9 nitrogen and oxygen atoms in total. The normalized spacial score (nSPS) is 10.8. The van der Waals surface area contributed by atoms with Crippen molar-refractivity contribution < 1.29 is 28.1 Å². The first-order valence-electron chi connectivity index (χ1n) is 9.02. The zero-order valence-electron chi connectivity index (χ0n) is 16.6. The molecule has 0 fully saturated rings. The van der Waals surface area contributed by atoms with Gasteiger partial charge in [0.2, 0.25) is 5.76 Å². The number of carbonyl (C=O) groups is 1. The summed E-state index contributed by atoms with van der Waals surface area (Å²) in [5.41, 5.74) is 0.949. The van der Waals surface area contributed by atoms with Crippen LogP contribution in [0.25, 0.3) is 12.2 Å². The Morgan fingerprint density at radius 3 is 2.77 bits per heavy atom. The molecule has 2 aromatic carbocycles. The van der Waals surface area contributed by atoms with Crippen LogP contribution in [0.2, 0.25) is 0 Å². The molecule has 0 aliphatic carbocycles. The molecule has 31 heavy (non-hydrogen) atoms. The molecule has 10 heteroatoms. The van der Waals surface area contributed by atoms with Crippen LogP contribution in [0.1, 0.15) is 17.0 Å². The van der Waals surface area contributed by atoms with E-state index in [9.17, 15) is 19.3 Å². The van der Waals surface area contributed by atoms with Crippen LogP contribution in [-0.2, 0) is 4.79 Å². The van der Waals surface area contributed by atoms with Gasteiger partial charge in [-0.3, -0.25) is 14.9 Å². The lowest BCUT2D eigenvalue weighted by molar-refractivity contribution is -0.386. The summed E-state index contributed by atoms with van der Waals surface area (Å²) in [6.45, 7) is 1.17. The van der Waals surface area contributed by atoms with E-state index in [1.807, 2.05) is 0 Å². The maximum atomic E-state index is 13.2. The number of ether oxygens (including phenoxy) is 2. The van der Waals surface area contributed by atoms with E-state index in [4.69, 9.17) is 14.0 Å². The van der Waals surface area contributed by atoms with E-state index in [2.05, 4.69) is 10.5 Å². The number of anilines is 1. The lowest BCUT2D eigenvalue weighted by Gasteiger charge is -2.11. The number of rotatable bonds is 8. The van der Waals surface area contributed by atoms with Crippen LogP contribution in [0, 0.1) is 22.9 Å². The third kappa shape index (κ3) is 5.44. The Labute approximate surface area is 176 Å². The first-order valence-corrected chi connectivity index (χ1v) is 9.02. The molecule has 0 bridgehead atoms. The van der Waals surface area contributed by atoms with Crippen molar-refractivity contribution in [1.82, 2.24) is 5.16 Å². The van der Waals surface area contributed by atoms with E-state index >= 15 is 0 Å². The van der Waals surface area contributed by atoms with Gasteiger partial charge < -0.3 is 19.3 Å². The number of nitrogens with one attached hydrogen (secondary N) is 1. The third-order valence-corrected chi connectivity index (χ3v) is 4.12. The van der Waals surface area contributed by atoms with Crippen LogP contribution in [0.4, 0.5) is 15.8 Å². The first kappa shape index (κ1) is 21.5. The quantitative estimate of drug-likeness (QED) is 0.422. The summed E-state index contributed by atoms with van der Waals surface area (Å²) in [5.74, 6) is -0.241. The fourth-order valence-corrected chi connectivity index (χ4v) is 2.70. The van der Waals surface area contributed by atoms with E-state index in [0.29, 0.717) is 22.7 Å². The predicted octanol–water partition coefficient (Wildman–Crippen LogP) is 4.23. The minimum Gasteiger partial charge on any atom is -0.493 e. The lowest BCUT2D eigenvalue weighted by Crippen LogP contribution is -2.20. The van der Waals surface area contributed by atoms with Crippen LogP contribution in [0.3, 0.4) is 0 Å². The number of nitro groups is 1. The SMILES string of the molecule is COc1cc(/C=C/c2onc(C)c2[N+](=O)[O-])ccc1OCC(=O)Nc1cccc(F)c1. The maximum Gasteiger partial charge on any atom is 0.338 e. The maximum absolute atomic E-state index is 13.2. The number of amides is 1. The van der Waals surface area contributed by atoms with Gasteiger partial charge in [0, 0.05) is 5.69 Å². The Kier molecular flexibility index (Phi) is 6.61. The molecule has 0 aliphatic rings. The van der Waals surface area contributed by atoms with Crippen molar-refractivity contribution in [3.63, 3.8) is 0 Å². The molecular formula is C21H18FN3O6. The third-order valence-electron chi connectivity index (χ3n) is 4.12. The number of aromatic nitrogens is 1. The molecule has 0 unspecified atom stereocenters. The van der Waals surface area contributed by atoms with E-state index in [0.717, 1.165) is 0 Å². The Balaban J connectivity index is 1.67. The molecule has 0 radical (unpaired) electrons. The van der Waals surface area contributed by atoms with Gasteiger partial charge in [0.1, 0.15) is 5.82 Å². The van der Waals surface area contributed by atoms with Gasteiger partial charge in [0.25, 0.3) is 5.91 Å². The average molecular weight is 427 g/mol. The zero-order chi connectivity index (χ0) is 22.4. The van der Waals surface area contributed by atoms with E-state index in [-0.39, 0.29) is 23.7 Å². The largest absolute Gasteiger partial charge is 0.493 e. The number of nitrogens with zero attached hydrogens (tertiary/aromatic N) is 2. The molecule has 1 N–H and O–H groups in total. The van der Waals surface area contributed by atoms with Crippen molar-refractivity contribution in [1.29, 1.82) is 0 Å². The van der Waals surface area contributed by atoms with Gasteiger partial charge in [-0.25, -0.2) is 4.39 Å². The summed E-state index contributed by atoms with van der Waals surface area (Å²) in [6.07, 6.45) is 3.02. The van der Waals surface area contributed by atoms with Crippen LogP contribution in [-0.4, -0.2) is 29.7 Å². The van der Waals surface area contributed by atoms with Crippen molar-refractivity contribution in [2.45, 2.75) is 6.92 Å². The Bertz CT molecular complexity index is 1140. The smallest absolute Gasteiger partial charge is 0.338 e. The van der Waals surface area contributed by atoms with Crippen LogP contribution in [0.5, 0.6) is 11.5 Å². The van der Waals surface area contributed by atoms with Crippen LogP contribution < -0.4 is 14.8 Å². The van der Waals surface area contributed by atoms with Gasteiger partial charge in [-0.15, -0.1) is 0 Å². The van der Waals surface area contributed by atoms with E-state index in [1.165, 1.54) is 38.3 Å². The topological polar surface area (TPSA) is 117 Å². The van der Waals surface area contributed by atoms with Gasteiger partial charge in [-0.05, 0) is 48.9 Å². The molecular weight excluding hydrogens is 409 g/mol. The number of halogens is 1. The van der Waals surface area contributed by atoms with Crippen molar-refractivity contribution in [2.24, 2.45) is 0 Å². The molecule has 0 aliphatic heterocycles. The van der Waals surface area contributed by atoms with Gasteiger partial charge in [-0.1, -0.05) is 23.4 Å². The molecule has 3 aromatic rings. The van der Waals surface area contributed by atoms with E-state index in [1.54, 1.807) is 30.3 Å². The highest BCUT2D eigenvalue weighted by molar-refractivity contribution is 5.91. The molecule has 1 heterocycles. The summed E-state index contributed by atoms with van der Waals surface area (Å²) < 4.78 is 28.9. The Morgan fingerprint density at radius 2 is 2.06 bits per heavy atom. The number of hydrogen-bond acceptors (Lipinski definition) is 7. The van der Waals surface area contributed by atoms with Crippen molar-refractivity contribution in [3.8, 4) is 11.5 Å². The number of benzene rings is 2. The van der Waals surface area contributed by atoms with Gasteiger partial charge in [0.15, 0.2) is 23.8 Å². The summed E-state index contributed by atoms with van der Waals surface area (Å²) in [4.78, 5) is 22.6. The first-order chi connectivity index (χ1) is 14.9. The molecule has 0 saturated heterocycles. The molecule has 0 spiro atoms. The fourth-order valence-electron chi connectivity index (χ4n) is 2.70. The predicted molar refractivity (Wildman–Crippen MR) is 110 cm³/mol. The molecule has 1 aromatic heterocycles. The Morgan fingerprint density at radius 1 is 1.26 bits per heavy atom. The second-order valence-corrected chi connectivity index (χ2v) is 6.33. The standard InChI is InChI=1S/C21H18FN3O6/c1-13-21(25(27)28)18(31-24-13)9-7-14-6-8-17(19(10-14)29-2)30-12-20(26)23-16-5-3-4-15(22)11-16/h3-11H,12H2,1-2H3,(H,23,26)/b9-7+. The molecule has 0 saturated carbocycles. The van der Waals surface area contributed by atoms with Gasteiger partial charge >= 0.3 is 5.69 Å². The van der Waals surface area contributed by atoms with Crippen molar-refractivity contribution in [2.75, 3.05) is 19.0 Å². The summed E-state index contributed by atoms with van der Waals surface area (Å²) >= 11 is 0. The molecule has 160 valence electrons. The molecule has 0 atom stereocenters. The van der Waals surface area contributed by atoms with Gasteiger partial charge in [0.05, 0.1) is 12.0 Å². The van der Waals surface area contributed by atoms with Gasteiger partial charge in [-0.2, -0.15) is 0 Å². The highest BCUT2D eigenvalue weighted by atomic mass is 19.1. The number of hydrogen-bond donors (Lipinski definition) is 1. The highest BCUT2D eigenvalue weighted by Crippen LogP contribution is 2.30. The number of aryl methyl sites for hydroxylation is 1. The average Bonchev–Trinajstić information content (AvgIpc) is 3.11. The Hall–Kier alpha value is -4.21.